The Hall–Kier alpha value is -2.48. The SMILES string of the molecule is Cc1c(N=Nc2scc(C(=O)O)[n+]2C)cccc1N(CCOCCO)CCOCCOCCO. The minimum Gasteiger partial charge on any atom is -0.475 e. The van der Waals surface area contributed by atoms with E-state index < -0.39 is 5.97 Å². The summed E-state index contributed by atoms with van der Waals surface area (Å²) in [5, 5.41) is 37.5. The van der Waals surface area contributed by atoms with Crippen molar-refractivity contribution in [2.75, 3.05) is 70.8 Å². The van der Waals surface area contributed by atoms with Crippen molar-refractivity contribution in [3.05, 3.63) is 34.8 Å². The summed E-state index contributed by atoms with van der Waals surface area (Å²) in [5.41, 5.74) is 2.69. The molecule has 0 unspecified atom stereocenters. The molecule has 1 heterocycles. The first kappa shape index (κ1) is 27.8. The van der Waals surface area contributed by atoms with Crippen LogP contribution in [0.3, 0.4) is 0 Å². The molecule has 0 spiro atoms. The quantitative estimate of drug-likeness (QED) is 0.171. The lowest BCUT2D eigenvalue weighted by Gasteiger charge is -2.26. The Morgan fingerprint density at radius 2 is 1.62 bits per heavy atom. The van der Waals surface area contributed by atoms with Crippen LogP contribution in [0.1, 0.15) is 16.1 Å². The molecule has 0 aliphatic rings. The molecule has 1 aromatic heterocycles. The first-order valence-corrected chi connectivity index (χ1v) is 11.8. The van der Waals surface area contributed by atoms with Crippen LogP contribution in [0.4, 0.5) is 16.5 Å². The first-order chi connectivity index (χ1) is 16.5. The number of rotatable bonds is 17. The smallest absolute Gasteiger partial charge is 0.408 e. The molecule has 0 radical (unpaired) electrons. The minimum atomic E-state index is -1.01. The second-order valence-corrected chi connectivity index (χ2v) is 8.00. The summed E-state index contributed by atoms with van der Waals surface area (Å²) >= 11 is 1.21. The Bertz CT molecular complexity index is 923. The highest BCUT2D eigenvalue weighted by molar-refractivity contribution is 7.13. The number of thiazole rings is 1. The number of aromatic nitrogens is 1. The summed E-state index contributed by atoms with van der Waals surface area (Å²) < 4.78 is 17.8. The largest absolute Gasteiger partial charge is 0.475 e. The van der Waals surface area contributed by atoms with Crippen LogP contribution in [0.5, 0.6) is 0 Å². The number of nitrogens with zero attached hydrogens (tertiary/aromatic N) is 4. The number of hydrogen-bond acceptors (Lipinski definition) is 10. The topological polar surface area (TPSA) is 137 Å². The highest BCUT2D eigenvalue weighted by atomic mass is 32.1. The molecular weight excluding hydrogens is 464 g/mol. The highest BCUT2D eigenvalue weighted by Crippen LogP contribution is 2.30. The first-order valence-electron chi connectivity index (χ1n) is 10.9. The van der Waals surface area contributed by atoms with Gasteiger partial charge < -0.3 is 34.4 Å². The van der Waals surface area contributed by atoms with E-state index >= 15 is 0 Å². The molecule has 12 heteroatoms. The van der Waals surface area contributed by atoms with E-state index in [4.69, 9.17) is 24.4 Å². The van der Waals surface area contributed by atoms with Gasteiger partial charge in [0.2, 0.25) is 5.69 Å². The average Bonchev–Trinajstić information content (AvgIpc) is 3.20. The number of aliphatic hydroxyl groups excluding tert-OH is 2. The van der Waals surface area contributed by atoms with E-state index in [1.165, 1.54) is 21.3 Å². The minimum absolute atomic E-state index is 0.0139. The van der Waals surface area contributed by atoms with Crippen LogP contribution in [0.15, 0.2) is 33.8 Å². The van der Waals surface area contributed by atoms with Crippen LogP contribution in [0.25, 0.3) is 0 Å². The summed E-state index contributed by atoms with van der Waals surface area (Å²) in [5.74, 6) is -1.01. The fraction of sp³-hybridized carbons (Fsp3) is 0.545. The maximum atomic E-state index is 11.2. The molecule has 3 N–H and O–H groups in total. The van der Waals surface area contributed by atoms with Crippen LogP contribution in [-0.4, -0.2) is 87.2 Å². The molecular formula is C22H33N4O7S+. The van der Waals surface area contributed by atoms with Gasteiger partial charge >= 0.3 is 11.1 Å². The molecule has 0 aliphatic carbocycles. The van der Waals surface area contributed by atoms with E-state index in [2.05, 4.69) is 15.1 Å². The maximum absolute atomic E-state index is 11.2. The summed E-state index contributed by atoms with van der Waals surface area (Å²) in [7, 11) is 1.64. The number of ether oxygens (including phenoxy) is 3. The molecule has 0 fully saturated rings. The molecule has 11 nitrogen and oxygen atoms in total. The second-order valence-electron chi connectivity index (χ2n) is 7.16. The van der Waals surface area contributed by atoms with Gasteiger partial charge in [-0.1, -0.05) is 6.07 Å². The van der Waals surface area contributed by atoms with Crippen molar-refractivity contribution in [2.45, 2.75) is 6.92 Å². The third-order valence-corrected chi connectivity index (χ3v) is 5.77. The van der Waals surface area contributed by atoms with Gasteiger partial charge in [0.1, 0.15) is 5.69 Å². The molecule has 0 saturated carbocycles. The van der Waals surface area contributed by atoms with E-state index in [-0.39, 0.29) is 25.5 Å². The Labute approximate surface area is 202 Å². The zero-order valence-corrected chi connectivity index (χ0v) is 20.4. The Kier molecular flexibility index (Phi) is 12.6. The van der Waals surface area contributed by atoms with Gasteiger partial charge in [-0.05, 0) is 35.5 Å². The zero-order chi connectivity index (χ0) is 24.8. The molecule has 0 atom stereocenters. The summed E-state index contributed by atoms with van der Waals surface area (Å²) in [4.78, 5) is 13.4. The normalized spacial score (nSPS) is 11.4. The fourth-order valence-electron chi connectivity index (χ4n) is 3.07. The van der Waals surface area contributed by atoms with Gasteiger partial charge in [-0.2, -0.15) is 0 Å². The van der Waals surface area contributed by atoms with Crippen molar-refractivity contribution in [2.24, 2.45) is 17.3 Å². The van der Waals surface area contributed by atoms with Crippen LogP contribution < -0.4 is 9.47 Å². The number of azo groups is 1. The van der Waals surface area contributed by atoms with E-state index in [1.807, 2.05) is 25.1 Å². The predicted octanol–water partition coefficient (Wildman–Crippen LogP) is 1.84. The van der Waals surface area contributed by atoms with Crippen molar-refractivity contribution in [3.63, 3.8) is 0 Å². The van der Waals surface area contributed by atoms with Crippen LogP contribution in [-0.2, 0) is 21.3 Å². The van der Waals surface area contributed by atoms with Crippen LogP contribution >= 0.6 is 11.3 Å². The highest BCUT2D eigenvalue weighted by Gasteiger charge is 2.21. The van der Waals surface area contributed by atoms with Crippen molar-refractivity contribution in [3.8, 4) is 0 Å². The van der Waals surface area contributed by atoms with Crippen molar-refractivity contribution in [1.82, 2.24) is 0 Å². The van der Waals surface area contributed by atoms with Crippen molar-refractivity contribution < 1.29 is 38.9 Å². The lowest BCUT2D eigenvalue weighted by atomic mass is 10.1. The van der Waals surface area contributed by atoms with Crippen molar-refractivity contribution in [1.29, 1.82) is 0 Å². The third kappa shape index (κ3) is 8.70. The number of benzene rings is 1. The van der Waals surface area contributed by atoms with Crippen LogP contribution in [0.2, 0.25) is 0 Å². The van der Waals surface area contributed by atoms with E-state index in [0.717, 1.165) is 11.3 Å². The van der Waals surface area contributed by atoms with Gasteiger partial charge in [0.15, 0.2) is 0 Å². The predicted molar refractivity (Wildman–Crippen MR) is 127 cm³/mol. The van der Waals surface area contributed by atoms with E-state index in [0.29, 0.717) is 56.9 Å². The van der Waals surface area contributed by atoms with Gasteiger partial charge in [0.25, 0.3) is 0 Å². The number of hydrogen-bond donors (Lipinski definition) is 3. The van der Waals surface area contributed by atoms with Gasteiger partial charge in [-0.25, -0.2) is 9.36 Å². The molecule has 34 heavy (non-hydrogen) atoms. The lowest BCUT2D eigenvalue weighted by molar-refractivity contribution is -0.656. The van der Waals surface area contributed by atoms with Crippen LogP contribution in [0, 0.1) is 6.92 Å². The average molecular weight is 498 g/mol. The molecule has 0 amide bonds. The summed E-state index contributed by atoms with van der Waals surface area (Å²) in [6.45, 7) is 5.42. The standard InChI is InChI=1S/C22H32N4O7S/c1-17-18(23-24-22-25(2)20(16-34-22)21(29)30)4-3-5-19(17)26(6-10-31-12-8-27)7-11-32-14-15-33-13-9-28/h3-5,16,27-28H,6-15H2,1-2H3/p+1. The summed E-state index contributed by atoms with van der Waals surface area (Å²) in [6.07, 6.45) is 0. The second kappa shape index (κ2) is 15.4. The van der Waals surface area contributed by atoms with Gasteiger partial charge in [-0.15, -0.1) is 0 Å². The molecule has 1 aromatic carbocycles. The molecule has 0 aliphatic heterocycles. The van der Waals surface area contributed by atoms with Crippen molar-refractivity contribution >= 4 is 33.8 Å². The number of aromatic carboxylic acids is 1. The zero-order valence-electron chi connectivity index (χ0n) is 19.6. The number of carbonyl (C=O) groups is 1. The van der Waals surface area contributed by atoms with Gasteiger partial charge in [0, 0.05) is 24.3 Å². The molecule has 188 valence electrons. The number of carboxylic acid groups (broad SMARTS) is 1. The molecule has 0 saturated heterocycles. The fourth-order valence-corrected chi connectivity index (χ4v) is 3.89. The van der Waals surface area contributed by atoms with E-state index in [9.17, 15) is 9.90 Å². The Morgan fingerprint density at radius 1 is 1.00 bits per heavy atom. The van der Waals surface area contributed by atoms with E-state index in [1.54, 1.807) is 7.05 Å². The Morgan fingerprint density at radius 3 is 2.21 bits per heavy atom. The number of anilines is 1. The molecule has 2 rings (SSSR count). The molecule has 2 aromatic rings. The lowest BCUT2D eigenvalue weighted by Crippen LogP contribution is -2.33. The number of carboxylic acids is 1. The maximum Gasteiger partial charge on any atom is 0.408 e. The molecule has 0 bridgehead atoms. The third-order valence-electron chi connectivity index (χ3n) is 4.86. The monoisotopic (exact) mass is 497 g/mol. The van der Waals surface area contributed by atoms with Gasteiger partial charge in [0.05, 0.1) is 70.4 Å². The number of aliphatic hydroxyl groups is 2. The summed E-state index contributed by atoms with van der Waals surface area (Å²) in [6, 6.07) is 5.72. The van der Waals surface area contributed by atoms with Gasteiger partial charge in [-0.3, -0.25) is 0 Å². The Balaban J connectivity index is 2.10.